The lowest BCUT2D eigenvalue weighted by molar-refractivity contribution is 0.103. The van der Waals surface area contributed by atoms with Crippen LogP contribution in [-0.2, 0) is 0 Å². The van der Waals surface area contributed by atoms with Crippen LogP contribution < -0.4 is 0 Å². The molecule has 0 saturated heterocycles. The molecule has 0 aliphatic heterocycles. The molecule has 0 atom stereocenters. The molecule has 0 bridgehead atoms. The summed E-state index contributed by atoms with van der Waals surface area (Å²) in [4.78, 5) is 12.4. The van der Waals surface area contributed by atoms with Gasteiger partial charge in [-0.05, 0) is 37.1 Å². The van der Waals surface area contributed by atoms with Gasteiger partial charge in [0, 0.05) is 16.1 Å². The van der Waals surface area contributed by atoms with Crippen LogP contribution in [0.15, 0.2) is 42.5 Å². The molecule has 0 spiro atoms. The van der Waals surface area contributed by atoms with Crippen LogP contribution in [0, 0.1) is 13.8 Å². The zero-order chi connectivity index (χ0) is 12.4. The maximum absolute atomic E-state index is 12.4. The Bertz CT molecular complexity index is 553. The normalized spacial score (nSPS) is 10.3. The quantitative estimate of drug-likeness (QED) is 0.724. The largest absolute Gasteiger partial charge is 0.289 e. The Morgan fingerprint density at radius 2 is 1.59 bits per heavy atom. The Kier molecular flexibility index (Phi) is 3.30. The summed E-state index contributed by atoms with van der Waals surface area (Å²) in [6.45, 7) is 3.90. The van der Waals surface area contributed by atoms with Crippen LogP contribution in [0.2, 0.25) is 5.02 Å². The Balaban J connectivity index is 2.51. The van der Waals surface area contributed by atoms with E-state index in [-0.39, 0.29) is 5.78 Å². The van der Waals surface area contributed by atoms with Crippen LogP contribution in [0.5, 0.6) is 0 Å². The van der Waals surface area contributed by atoms with Crippen molar-refractivity contribution >= 4 is 17.4 Å². The zero-order valence-electron chi connectivity index (χ0n) is 9.83. The van der Waals surface area contributed by atoms with Crippen molar-refractivity contribution in [3.63, 3.8) is 0 Å². The summed E-state index contributed by atoms with van der Waals surface area (Å²) in [6, 6.07) is 12.9. The van der Waals surface area contributed by atoms with E-state index in [0.717, 1.165) is 16.7 Å². The molecule has 17 heavy (non-hydrogen) atoms. The van der Waals surface area contributed by atoms with Gasteiger partial charge in [0.15, 0.2) is 5.78 Å². The highest BCUT2D eigenvalue weighted by Gasteiger charge is 2.13. The minimum absolute atomic E-state index is 0.0306. The molecule has 0 fully saturated rings. The molecule has 0 amide bonds. The van der Waals surface area contributed by atoms with E-state index in [9.17, 15) is 4.79 Å². The molecule has 0 radical (unpaired) electrons. The maximum atomic E-state index is 12.4. The first-order valence-electron chi connectivity index (χ1n) is 5.46. The second-order valence-electron chi connectivity index (χ2n) is 4.11. The average Bonchev–Trinajstić information content (AvgIpc) is 2.28. The van der Waals surface area contributed by atoms with Crippen LogP contribution in [-0.4, -0.2) is 5.78 Å². The van der Waals surface area contributed by atoms with Crippen molar-refractivity contribution in [1.29, 1.82) is 0 Å². The van der Waals surface area contributed by atoms with Crippen molar-refractivity contribution in [2.45, 2.75) is 13.8 Å². The summed E-state index contributed by atoms with van der Waals surface area (Å²) in [6.07, 6.45) is 0. The number of aryl methyl sites for hydroxylation is 2. The van der Waals surface area contributed by atoms with Crippen LogP contribution in [0.25, 0.3) is 0 Å². The topological polar surface area (TPSA) is 17.1 Å². The molecule has 2 aromatic carbocycles. The molecule has 1 nitrogen and oxygen atoms in total. The Morgan fingerprint density at radius 1 is 1.00 bits per heavy atom. The van der Waals surface area contributed by atoms with E-state index in [1.165, 1.54) is 0 Å². The summed E-state index contributed by atoms with van der Waals surface area (Å²) in [7, 11) is 0. The highest BCUT2D eigenvalue weighted by Crippen LogP contribution is 2.20. The van der Waals surface area contributed by atoms with Gasteiger partial charge in [-0.3, -0.25) is 4.79 Å². The molecule has 0 unspecified atom stereocenters. The molecule has 86 valence electrons. The second-order valence-corrected chi connectivity index (χ2v) is 4.54. The number of ketones is 1. The molecule has 0 heterocycles. The lowest BCUT2D eigenvalue weighted by Crippen LogP contribution is -2.06. The van der Waals surface area contributed by atoms with E-state index in [0.29, 0.717) is 10.6 Å². The fraction of sp³-hybridized carbons (Fsp3) is 0.133. The molecule has 2 heteroatoms. The van der Waals surface area contributed by atoms with Crippen molar-refractivity contribution in [1.82, 2.24) is 0 Å². The summed E-state index contributed by atoms with van der Waals surface area (Å²) in [5.41, 5.74) is 3.40. The minimum Gasteiger partial charge on any atom is -0.289 e. The van der Waals surface area contributed by atoms with Crippen LogP contribution in [0.1, 0.15) is 27.0 Å². The van der Waals surface area contributed by atoms with Gasteiger partial charge in [0.1, 0.15) is 0 Å². The third-order valence-electron chi connectivity index (χ3n) is 2.79. The number of hydrogen-bond donors (Lipinski definition) is 0. The molecule has 0 saturated carbocycles. The minimum atomic E-state index is 0.0306. The van der Waals surface area contributed by atoms with Gasteiger partial charge >= 0.3 is 0 Å². The van der Waals surface area contributed by atoms with E-state index in [4.69, 9.17) is 11.6 Å². The first kappa shape index (κ1) is 11.9. The Morgan fingerprint density at radius 3 is 2.18 bits per heavy atom. The smallest absolute Gasteiger partial charge is 0.193 e. The lowest BCUT2D eigenvalue weighted by atomic mass is 9.95. The van der Waals surface area contributed by atoms with Crippen molar-refractivity contribution < 1.29 is 4.79 Å². The zero-order valence-corrected chi connectivity index (χ0v) is 10.6. The van der Waals surface area contributed by atoms with Gasteiger partial charge in [-0.25, -0.2) is 0 Å². The van der Waals surface area contributed by atoms with E-state index in [1.54, 1.807) is 24.3 Å². The SMILES string of the molecule is Cc1cccc(C)c1C(=O)c1cccc(Cl)c1. The van der Waals surface area contributed by atoms with Gasteiger partial charge in [0.2, 0.25) is 0 Å². The highest BCUT2D eigenvalue weighted by atomic mass is 35.5. The predicted molar refractivity (Wildman–Crippen MR) is 70.8 cm³/mol. The number of carbonyl (C=O) groups is 1. The van der Waals surface area contributed by atoms with Gasteiger partial charge in [0.25, 0.3) is 0 Å². The monoisotopic (exact) mass is 244 g/mol. The number of carbonyl (C=O) groups excluding carboxylic acids is 1. The fourth-order valence-corrected chi connectivity index (χ4v) is 2.14. The number of hydrogen-bond acceptors (Lipinski definition) is 1. The predicted octanol–water partition coefficient (Wildman–Crippen LogP) is 4.19. The summed E-state index contributed by atoms with van der Waals surface area (Å²) in [5.74, 6) is 0.0306. The summed E-state index contributed by atoms with van der Waals surface area (Å²) in [5, 5.41) is 0.585. The Hall–Kier alpha value is -1.60. The van der Waals surface area contributed by atoms with E-state index < -0.39 is 0 Å². The van der Waals surface area contributed by atoms with Gasteiger partial charge < -0.3 is 0 Å². The van der Waals surface area contributed by atoms with E-state index in [2.05, 4.69) is 0 Å². The molecule has 0 N–H and O–H groups in total. The first-order chi connectivity index (χ1) is 8.09. The van der Waals surface area contributed by atoms with Gasteiger partial charge in [-0.2, -0.15) is 0 Å². The highest BCUT2D eigenvalue weighted by molar-refractivity contribution is 6.31. The van der Waals surface area contributed by atoms with E-state index in [1.807, 2.05) is 32.0 Å². The average molecular weight is 245 g/mol. The van der Waals surface area contributed by atoms with Gasteiger partial charge in [-0.15, -0.1) is 0 Å². The van der Waals surface area contributed by atoms with E-state index >= 15 is 0 Å². The van der Waals surface area contributed by atoms with Crippen molar-refractivity contribution in [3.05, 3.63) is 69.7 Å². The standard InChI is InChI=1S/C15H13ClO/c1-10-5-3-6-11(2)14(10)15(17)12-7-4-8-13(16)9-12/h3-9H,1-2H3. The molecule has 2 aromatic rings. The maximum Gasteiger partial charge on any atom is 0.193 e. The van der Waals surface area contributed by atoms with Crippen molar-refractivity contribution in [3.8, 4) is 0 Å². The molecule has 0 aliphatic rings. The molecular weight excluding hydrogens is 232 g/mol. The number of rotatable bonds is 2. The summed E-state index contributed by atoms with van der Waals surface area (Å²) >= 11 is 5.90. The van der Waals surface area contributed by atoms with Crippen molar-refractivity contribution in [2.24, 2.45) is 0 Å². The number of halogens is 1. The first-order valence-corrected chi connectivity index (χ1v) is 5.84. The van der Waals surface area contributed by atoms with Gasteiger partial charge in [0.05, 0.1) is 0 Å². The van der Waals surface area contributed by atoms with Crippen molar-refractivity contribution in [2.75, 3.05) is 0 Å². The van der Waals surface area contributed by atoms with Crippen LogP contribution in [0.4, 0.5) is 0 Å². The fourth-order valence-electron chi connectivity index (χ4n) is 1.95. The number of benzene rings is 2. The van der Waals surface area contributed by atoms with Crippen LogP contribution >= 0.6 is 11.6 Å². The third kappa shape index (κ3) is 2.40. The molecular formula is C15H13ClO. The second kappa shape index (κ2) is 4.72. The van der Waals surface area contributed by atoms with Crippen LogP contribution in [0.3, 0.4) is 0 Å². The third-order valence-corrected chi connectivity index (χ3v) is 3.03. The summed E-state index contributed by atoms with van der Waals surface area (Å²) < 4.78 is 0. The molecule has 2 rings (SSSR count). The van der Waals surface area contributed by atoms with Gasteiger partial charge in [-0.1, -0.05) is 41.9 Å². The lowest BCUT2D eigenvalue weighted by Gasteiger charge is -2.08. The Labute approximate surface area is 106 Å². The molecule has 0 aliphatic carbocycles. The molecule has 0 aromatic heterocycles.